The van der Waals surface area contributed by atoms with Crippen molar-refractivity contribution < 1.29 is 99.1 Å². The molecule has 0 amide bonds. The summed E-state index contributed by atoms with van der Waals surface area (Å²) in [5.41, 5.74) is 3.73. The molecule has 12 nitrogen and oxygen atoms in total. The molecule has 4 heterocycles. The summed E-state index contributed by atoms with van der Waals surface area (Å²) < 4.78 is 0. The van der Waals surface area contributed by atoms with E-state index in [0.717, 1.165) is 61.3 Å². The molecule has 8 rings (SSSR count). The monoisotopic (exact) mass is 1210 g/mol. The van der Waals surface area contributed by atoms with Crippen LogP contribution in [-0.4, -0.2) is 112 Å². The molecular weight excluding hydrogens is 1150 g/mol. The van der Waals surface area contributed by atoms with Gasteiger partial charge in [-0.1, -0.05) is 121 Å². The van der Waals surface area contributed by atoms with Crippen LogP contribution in [-0.2, 0) is 44.8 Å². The third-order valence-corrected chi connectivity index (χ3v) is 10.9. The minimum absolute atomic E-state index is 0. The number of halogens is 2. The number of hydrogen-bond acceptors (Lipinski definition) is 12. The van der Waals surface area contributed by atoms with Crippen LogP contribution in [0.4, 0.5) is 0 Å². The van der Waals surface area contributed by atoms with Crippen molar-refractivity contribution in [3.05, 3.63) is 220 Å². The van der Waals surface area contributed by atoms with Crippen LogP contribution in [0.25, 0.3) is 0 Å². The first-order valence-corrected chi connectivity index (χ1v) is 21.5. The maximum Gasteiger partial charge on any atom is 1.00 e. The van der Waals surface area contributed by atoms with E-state index in [9.17, 15) is 20.4 Å². The zero-order valence-corrected chi connectivity index (χ0v) is 42.7. The molecule has 66 heavy (non-hydrogen) atoms. The molecule has 364 valence electrons. The molecule has 0 spiro atoms. The van der Waals surface area contributed by atoms with Gasteiger partial charge in [-0.15, -0.1) is 0 Å². The van der Waals surface area contributed by atoms with Crippen LogP contribution in [0.15, 0.2) is 171 Å². The van der Waals surface area contributed by atoms with Crippen molar-refractivity contribution in [2.24, 2.45) is 0 Å². The Morgan fingerprint density at radius 2 is 0.485 bits per heavy atom. The Kier molecular flexibility index (Phi) is 25.9. The van der Waals surface area contributed by atoms with Gasteiger partial charge in [-0.3, -0.25) is 0 Å². The third-order valence-electron chi connectivity index (χ3n) is 10.9. The molecule has 0 saturated carbocycles. The van der Waals surface area contributed by atoms with Crippen LogP contribution in [0, 0.1) is 26.7 Å². The van der Waals surface area contributed by atoms with E-state index in [0.29, 0.717) is 26.2 Å². The third kappa shape index (κ3) is 18.2. The van der Waals surface area contributed by atoms with Gasteiger partial charge >= 0.3 is 44.8 Å². The van der Waals surface area contributed by atoms with E-state index in [1.165, 1.54) is 0 Å². The van der Waals surface area contributed by atoms with E-state index in [-0.39, 0.29) is 78.7 Å². The standard InChI is InChI=1S/2C25H30N4O2.2Ag.2BrH/c2*30-24(22-8-3-1-4-9-22)18-28-16-14-26(20-28)12-7-13-27-15-17-29(21-27)19-25(31)23-10-5-2-6-11-23;;;;/h2*1-6,8-11,14-17,20-21,24-25,30-31H,7,12-13,18-19H2;;;2*1H/q2*-2;2*+1;;/p-2. The molecule has 4 N–H and O–H groups in total. The molecule has 4 aliphatic heterocycles. The number of hydrogen-bond donors (Lipinski definition) is 4. The van der Waals surface area contributed by atoms with Crippen molar-refractivity contribution in [1.82, 2.24) is 39.2 Å². The summed E-state index contributed by atoms with van der Waals surface area (Å²) in [7, 11) is 0. The maximum atomic E-state index is 10.4. The van der Waals surface area contributed by atoms with Gasteiger partial charge in [0.15, 0.2) is 0 Å². The predicted octanol–water partition coefficient (Wildman–Crippen LogP) is 0.523. The van der Waals surface area contributed by atoms with Crippen molar-refractivity contribution >= 4 is 0 Å². The van der Waals surface area contributed by atoms with Gasteiger partial charge in [0.2, 0.25) is 0 Å². The second-order valence-electron chi connectivity index (χ2n) is 15.8. The normalized spacial score (nSPS) is 16.5. The van der Waals surface area contributed by atoms with Crippen LogP contribution < -0.4 is 34.0 Å². The topological polar surface area (TPSA) is 107 Å². The van der Waals surface area contributed by atoms with Gasteiger partial charge in [0.1, 0.15) is 0 Å². The van der Waals surface area contributed by atoms with E-state index in [1.54, 1.807) is 0 Å². The van der Waals surface area contributed by atoms with Crippen molar-refractivity contribution in [2.75, 3.05) is 52.4 Å². The fourth-order valence-corrected chi connectivity index (χ4v) is 7.51. The number of aliphatic hydroxyl groups excluding tert-OH is 4. The molecule has 16 heteroatoms. The molecule has 0 aromatic heterocycles. The Balaban J connectivity index is 0.000000330. The molecule has 4 aromatic carbocycles. The summed E-state index contributed by atoms with van der Waals surface area (Å²) in [6.45, 7) is 13.9. The minimum Gasteiger partial charge on any atom is -1.00 e. The molecule has 4 unspecified atom stereocenters. The van der Waals surface area contributed by atoms with Gasteiger partial charge in [0, 0.05) is 26.2 Å². The van der Waals surface area contributed by atoms with Gasteiger partial charge in [-0.05, 0) is 111 Å². The number of benzene rings is 4. The first kappa shape index (κ1) is 56.8. The molecule has 4 atom stereocenters. The number of aliphatic hydroxyl groups is 4. The summed E-state index contributed by atoms with van der Waals surface area (Å²) in [5.74, 6) is 0. The molecule has 0 bridgehead atoms. The Hall–Kier alpha value is -3.48. The SMILES string of the molecule is OC(CN1C=CN(CCCN2C=CN(CC(O)c3ccccc3)[CH-]2)[CH-]1)c1ccccc1.OC(CN1C=CN(CCCN2C=CN(CC(O)c3ccccc3)[CH-]2)[CH-]1)c1ccccc1.[Ag+].[Ag+].[Br-].[Br-]. The average Bonchev–Trinajstić information content (AvgIpc) is 4.15. The van der Waals surface area contributed by atoms with Crippen LogP contribution in [0.5, 0.6) is 0 Å². The first-order valence-electron chi connectivity index (χ1n) is 21.5. The molecule has 0 aliphatic carbocycles. The predicted molar refractivity (Wildman–Crippen MR) is 242 cm³/mol. The van der Waals surface area contributed by atoms with Crippen LogP contribution in [0.3, 0.4) is 0 Å². The fourth-order valence-electron chi connectivity index (χ4n) is 7.51. The van der Waals surface area contributed by atoms with E-state index in [1.807, 2.05) is 217 Å². The molecule has 4 aromatic rings. The van der Waals surface area contributed by atoms with E-state index >= 15 is 0 Å². The van der Waals surface area contributed by atoms with Gasteiger partial charge in [-0.25, -0.2) is 0 Å². The minimum atomic E-state index is -0.511. The molecule has 4 aliphatic rings. The quantitative estimate of drug-likeness (QED) is 0.0734. The average molecular weight is 1210 g/mol. The molecule has 0 radical (unpaired) electrons. The zero-order valence-electron chi connectivity index (χ0n) is 36.6. The van der Waals surface area contributed by atoms with Gasteiger partial charge < -0.3 is 93.6 Å². The summed E-state index contributed by atoms with van der Waals surface area (Å²) in [4.78, 5) is 16.7. The largest absolute Gasteiger partial charge is 1.00 e. The number of rotatable bonds is 20. The molecule has 0 saturated heterocycles. The smallest absolute Gasteiger partial charge is 1.00 e. The fraction of sp³-hybridized carbons (Fsp3) is 0.280. The maximum absolute atomic E-state index is 10.4. The number of β-amino-alcohol motifs (C(OH)–C–C–N with tert-alkyl or cyclic N) is 4. The first-order chi connectivity index (χ1) is 30.3. The van der Waals surface area contributed by atoms with Crippen LogP contribution >= 0.6 is 0 Å². The number of nitrogens with zero attached hydrogens (tertiary/aromatic N) is 8. The Labute approximate surface area is 444 Å². The Morgan fingerprint density at radius 1 is 0.303 bits per heavy atom. The summed E-state index contributed by atoms with van der Waals surface area (Å²) in [6, 6.07) is 39.0. The summed E-state index contributed by atoms with van der Waals surface area (Å²) in [6.07, 6.45) is 16.1. The Bertz CT molecular complexity index is 1740. The van der Waals surface area contributed by atoms with Gasteiger partial charge in [0.25, 0.3) is 0 Å². The molecular formula is C50H60Ag2Br2N8O4-4. The Morgan fingerprint density at radius 3 is 0.682 bits per heavy atom. The van der Waals surface area contributed by atoms with Crippen molar-refractivity contribution in [2.45, 2.75) is 37.3 Å². The summed E-state index contributed by atoms with van der Waals surface area (Å²) in [5, 5.41) is 41.6. The second kappa shape index (κ2) is 30.1. The second-order valence-corrected chi connectivity index (χ2v) is 15.8. The van der Waals surface area contributed by atoms with Gasteiger partial charge in [0.05, 0.1) is 24.4 Å². The van der Waals surface area contributed by atoms with E-state index < -0.39 is 24.4 Å². The summed E-state index contributed by atoms with van der Waals surface area (Å²) >= 11 is 0. The van der Waals surface area contributed by atoms with Crippen LogP contribution in [0.2, 0.25) is 0 Å². The van der Waals surface area contributed by atoms with Crippen molar-refractivity contribution in [1.29, 1.82) is 0 Å². The van der Waals surface area contributed by atoms with E-state index in [4.69, 9.17) is 0 Å². The van der Waals surface area contributed by atoms with Crippen molar-refractivity contribution in [3.63, 3.8) is 0 Å². The van der Waals surface area contributed by atoms with Crippen molar-refractivity contribution in [3.8, 4) is 0 Å². The zero-order chi connectivity index (χ0) is 42.9. The van der Waals surface area contributed by atoms with E-state index in [2.05, 4.69) is 19.6 Å². The molecule has 0 fully saturated rings. The van der Waals surface area contributed by atoms with Gasteiger partial charge in [-0.2, -0.15) is 26.7 Å². The van der Waals surface area contributed by atoms with Crippen LogP contribution in [0.1, 0.15) is 59.5 Å².